The molecule has 0 radical (unpaired) electrons. The van der Waals surface area contributed by atoms with Crippen LogP contribution in [0.5, 0.6) is 11.5 Å². The molecule has 2 heterocycles. The van der Waals surface area contributed by atoms with Crippen molar-refractivity contribution in [3.63, 3.8) is 0 Å². The van der Waals surface area contributed by atoms with Gasteiger partial charge in [-0.25, -0.2) is 4.79 Å². The van der Waals surface area contributed by atoms with Gasteiger partial charge in [0, 0.05) is 17.1 Å². The molecule has 1 amide bonds. The molecule has 0 bridgehead atoms. The predicted molar refractivity (Wildman–Crippen MR) is 136 cm³/mol. The number of benzene rings is 2. The van der Waals surface area contributed by atoms with Gasteiger partial charge in [-0.15, -0.1) is 0 Å². The molecule has 2 aromatic carbocycles. The first kappa shape index (κ1) is 23.6. The van der Waals surface area contributed by atoms with E-state index < -0.39 is 5.97 Å². The van der Waals surface area contributed by atoms with Crippen LogP contribution in [-0.2, 0) is 11.3 Å². The van der Waals surface area contributed by atoms with Crippen LogP contribution in [-0.4, -0.2) is 43.0 Å². The van der Waals surface area contributed by atoms with Gasteiger partial charge < -0.3 is 19.5 Å². The molecule has 2 N–H and O–H groups in total. The Kier molecular flexibility index (Phi) is 6.49. The zero-order valence-corrected chi connectivity index (χ0v) is 20.4. The molecule has 1 fully saturated rings. The summed E-state index contributed by atoms with van der Waals surface area (Å²) in [5.41, 5.74) is 3.86. The lowest BCUT2D eigenvalue weighted by Crippen LogP contribution is -2.27. The first-order valence-electron chi connectivity index (χ1n) is 10.3. The second kappa shape index (κ2) is 9.36. The Morgan fingerprint density at radius 2 is 1.94 bits per heavy atom. The van der Waals surface area contributed by atoms with Crippen molar-refractivity contribution in [3.8, 4) is 17.2 Å². The number of methoxy groups -OCH3 is 1. The van der Waals surface area contributed by atoms with Crippen LogP contribution in [0.3, 0.4) is 0 Å². The second-order valence-corrected chi connectivity index (χ2v) is 9.46. The molecule has 4 rings (SSSR count). The average molecular weight is 495 g/mol. The Hall–Kier alpha value is -3.56. The molecule has 0 spiro atoms. The summed E-state index contributed by atoms with van der Waals surface area (Å²) in [4.78, 5) is 26.6. The number of amides is 1. The number of aromatic carboxylic acids is 1. The van der Waals surface area contributed by atoms with E-state index in [0.717, 1.165) is 22.5 Å². The number of phenols is 1. The van der Waals surface area contributed by atoms with Crippen LogP contribution < -0.4 is 4.74 Å². The molecule has 7 nitrogen and oxygen atoms in total. The number of hydrogen-bond acceptors (Lipinski definition) is 6. The third-order valence-corrected chi connectivity index (χ3v) is 6.95. The van der Waals surface area contributed by atoms with E-state index in [1.807, 2.05) is 54.8 Å². The summed E-state index contributed by atoms with van der Waals surface area (Å²) >= 11 is 6.73. The van der Waals surface area contributed by atoms with Gasteiger partial charge in [-0.1, -0.05) is 36.1 Å². The zero-order valence-electron chi connectivity index (χ0n) is 18.7. The lowest BCUT2D eigenvalue weighted by molar-refractivity contribution is -0.122. The summed E-state index contributed by atoms with van der Waals surface area (Å²) < 4.78 is 7.63. The van der Waals surface area contributed by atoms with Crippen LogP contribution in [0.1, 0.15) is 32.9 Å². The van der Waals surface area contributed by atoms with Gasteiger partial charge in [0.05, 0.1) is 18.6 Å². The Labute approximate surface area is 206 Å². The largest absolute Gasteiger partial charge is 0.507 e. The van der Waals surface area contributed by atoms with Crippen molar-refractivity contribution in [2.24, 2.45) is 0 Å². The molecule has 0 saturated carbocycles. The summed E-state index contributed by atoms with van der Waals surface area (Å²) in [7, 11) is 1.60. The second-order valence-electron chi connectivity index (χ2n) is 7.79. The van der Waals surface area contributed by atoms with Gasteiger partial charge in [-0.2, -0.15) is 0 Å². The Morgan fingerprint density at radius 3 is 2.65 bits per heavy atom. The van der Waals surface area contributed by atoms with Crippen LogP contribution in [0, 0.1) is 13.8 Å². The summed E-state index contributed by atoms with van der Waals surface area (Å²) in [5, 5.41) is 19.2. The van der Waals surface area contributed by atoms with Crippen LogP contribution in [0.15, 0.2) is 53.4 Å². The SMILES string of the molecule is COc1cccc(CN2C(=O)/C(=C/c3cc(C)n(-c4ccc(O)c(C(=O)O)c4)c3C)SC2=S)c1. The minimum absolute atomic E-state index is 0.166. The molecule has 174 valence electrons. The van der Waals surface area contributed by atoms with Gasteiger partial charge in [-0.05, 0) is 67.4 Å². The van der Waals surface area contributed by atoms with Crippen molar-refractivity contribution in [2.75, 3.05) is 7.11 Å². The smallest absolute Gasteiger partial charge is 0.339 e. The predicted octanol–water partition coefficient (Wildman–Crippen LogP) is 4.91. The normalized spacial score (nSPS) is 14.8. The summed E-state index contributed by atoms with van der Waals surface area (Å²) in [5.74, 6) is -0.952. The fourth-order valence-electron chi connectivity index (χ4n) is 3.90. The highest BCUT2D eigenvalue weighted by molar-refractivity contribution is 8.26. The van der Waals surface area contributed by atoms with Crippen molar-refractivity contribution in [3.05, 3.63) is 81.5 Å². The Bertz CT molecular complexity index is 1360. The van der Waals surface area contributed by atoms with Crippen molar-refractivity contribution in [1.29, 1.82) is 0 Å². The number of carboxylic acid groups (broad SMARTS) is 1. The number of aromatic nitrogens is 1. The molecule has 0 unspecified atom stereocenters. The molecular weight excluding hydrogens is 472 g/mol. The number of carboxylic acids is 1. The van der Waals surface area contributed by atoms with Gasteiger partial charge in [-0.3, -0.25) is 9.69 Å². The number of thioether (sulfide) groups is 1. The minimum atomic E-state index is -1.21. The number of aryl methyl sites for hydroxylation is 1. The van der Waals surface area contributed by atoms with Crippen LogP contribution in [0.25, 0.3) is 11.8 Å². The number of carbonyl (C=O) groups is 2. The van der Waals surface area contributed by atoms with E-state index >= 15 is 0 Å². The van der Waals surface area contributed by atoms with Crippen LogP contribution in [0.2, 0.25) is 0 Å². The quantitative estimate of drug-likeness (QED) is 0.372. The van der Waals surface area contributed by atoms with Gasteiger partial charge >= 0.3 is 5.97 Å². The van der Waals surface area contributed by atoms with Gasteiger partial charge in [0.1, 0.15) is 21.4 Å². The molecule has 9 heteroatoms. The molecular formula is C25H22N2O5S2. The monoisotopic (exact) mass is 494 g/mol. The van der Waals surface area contributed by atoms with E-state index in [0.29, 0.717) is 27.2 Å². The molecule has 0 aliphatic carbocycles. The molecule has 3 aromatic rings. The van der Waals surface area contributed by atoms with Crippen molar-refractivity contribution in [2.45, 2.75) is 20.4 Å². The fraction of sp³-hybridized carbons (Fsp3) is 0.160. The standard InChI is InChI=1S/C25H22N2O5S2/c1-14-9-17(15(2)27(14)18-7-8-21(28)20(12-18)24(30)31)11-22-23(29)26(25(33)34-22)13-16-5-4-6-19(10-16)32-3/h4-12,28H,13H2,1-3H3,(H,30,31)/b22-11-. The minimum Gasteiger partial charge on any atom is -0.507 e. The Morgan fingerprint density at radius 1 is 1.18 bits per heavy atom. The van der Waals surface area contributed by atoms with E-state index in [1.165, 1.54) is 23.9 Å². The third-order valence-electron chi connectivity index (χ3n) is 5.57. The van der Waals surface area contributed by atoms with Crippen LogP contribution in [0.4, 0.5) is 0 Å². The van der Waals surface area contributed by atoms with Crippen LogP contribution >= 0.6 is 24.0 Å². The summed E-state index contributed by atoms with van der Waals surface area (Å²) in [6, 6.07) is 13.9. The van der Waals surface area contributed by atoms with E-state index in [-0.39, 0.29) is 17.2 Å². The first-order chi connectivity index (χ1) is 16.2. The Balaban J connectivity index is 1.64. The van der Waals surface area contributed by atoms with Gasteiger partial charge in [0.2, 0.25) is 0 Å². The number of ether oxygens (including phenoxy) is 1. The van der Waals surface area contributed by atoms with Crippen molar-refractivity contribution < 1.29 is 24.5 Å². The maximum absolute atomic E-state index is 13.1. The highest BCUT2D eigenvalue weighted by Crippen LogP contribution is 2.35. The zero-order chi connectivity index (χ0) is 24.6. The van der Waals surface area contributed by atoms with E-state index in [9.17, 15) is 19.8 Å². The average Bonchev–Trinajstić information content (AvgIpc) is 3.23. The number of nitrogens with zero attached hydrogens (tertiary/aromatic N) is 2. The third kappa shape index (κ3) is 4.44. The van der Waals surface area contributed by atoms with Crippen molar-refractivity contribution in [1.82, 2.24) is 9.47 Å². The number of aromatic hydroxyl groups is 1. The topological polar surface area (TPSA) is 92.0 Å². The highest BCUT2D eigenvalue weighted by atomic mass is 32.2. The lowest BCUT2D eigenvalue weighted by atomic mass is 10.1. The molecule has 1 aliphatic rings. The number of carbonyl (C=O) groups excluding carboxylic acids is 1. The molecule has 1 aliphatic heterocycles. The van der Waals surface area contributed by atoms with E-state index in [2.05, 4.69) is 0 Å². The maximum Gasteiger partial charge on any atom is 0.339 e. The maximum atomic E-state index is 13.1. The van der Waals surface area contributed by atoms with E-state index in [1.54, 1.807) is 18.1 Å². The van der Waals surface area contributed by atoms with Gasteiger partial charge in [0.25, 0.3) is 5.91 Å². The first-order valence-corrected chi connectivity index (χ1v) is 11.6. The molecule has 0 atom stereocenters. The number of rotatable bonds is 6. The number of thiocarbonyl (C=S) groups is 1. The fourth-order valence-corrected chi connectivity index (χ4v) is 5.14. The van der Waals surface area contributed by atoms with E-state index in [4.69, 9.17) is 17.0 Å². The highest BCUT2D eigenvalue weighted by Gasteiger charge is 2.32. The lowest BCUT2D eigenvalue weighted by Gasteiger charge is -2.15. The van der Waals surface area contributed by atoms with Gasteiger partial charge in [0.15, 0.2) is 0 Å². The molecule has 1 saturated heterocycles. The summed E-state index contributed by atoms with van der Waals surface area (Å²) in [6.07, 6.45) is 1.81. The number of hydrogen-bond donors (Lipinski definition) is 2. The molecule has 34 heavy (non-hydrogen) atoms. The summed E-state index contributed by atoms with van der Waals surface area (Å²) in [6.45, 7) is 4.14. The van der Waals surface area contributed by atoms with Crippen molar-refractivity contribution >= 4 is 46.3 Å². The molecule has 1 aromatic heterocycles.